The van der Waals surface area contributed by atoms with Crippen LogP contribution in [0.15, 0.2) is 16.3 Å². The van der Waals surface area contributed by atoms with Crippen LogP contribution in [0.2, 0.25) is 0 Å². The van der Waals surface area contributed by atoms with E-state index in [9.17, 15) is 8.42 Å². The Bertz CT molecular complexity index is 498. The maximum atomic E-state index is 12.6. The molecule has 21 heavy (non-hydrogen) atoms. The largest absolute Gasteiger partial charge is 0.312 e. The Morgan fingerprint density at radius 2 is 1.95 bits per heavy atom. The van der Waals surface area contributed by atoms with Crippen molar-refractivity contribution in [1.29, 1.82) is 0 Å². The highest BCUT2D eigenvalue weighted by Crippen LogP contribution is 2.23. The first-order chi connectivity index (χ1) is 10.0. The lowest BCUT2D eigenvalue weighted by Crippen LogP contribution is -2.35. The Labute approximate surface area is 133 Å². The fourth-order valence-corrected chi connectivity index (χ4v) is 5.00. The van der Waals surface area contributed by atoms with Crippen LogP contribution in [0.25, 0.3) is 0 Å². The smallest absolute Gasteiger partial charge is 0.241 e. The number of thiophene rings is 1. The van der Waals surface area contributed by atoms with Crippen LogP contribution in [0.4, 0.5) is 0 Å². The summed E-state index contributed by atoms with van der Waals surface area (Å²) in [5, 5.41) is 5.04. The highest BCUT2D eigenvalue weighted by Gasteiger charge is 2.22. The molecule has 2 N–H and O–H groups in total. The summed E-state index contributed by atoms with van der Waals surface area (Å²) < 4.78 is 28.1. The maximum Gasteiger partial charge on any atom is 0.241 e. The zero-order chi connectivity index (χ0) is 15.7. The van der Waals surface area contributed by atoms with Gasteiger partial charge in [-0.3, -0.25) is 0 Å². The first-order valence-corrected chi connectivity index (χ1v) is 10.2. The van der Waals surface area contributed by atoms with Gasteiger partial charge in [0.1, 0.15) is 0 Å². The van der Waals surface area contributed by atoms with E-state index >= 15 is 0 Å². The van der Waals surface area contributed by atoms with E-state index in [0.717, 1.165) is 43.5 Å². The average molecular weight is 333 g/mol. The highest BCUT2D eigenvalue weighted by molar-refractivity contribution is 7.89. The van der Waals surface area contributed by atoms with Crippen LogP contribution in [-0.4, -0.2) is 21.0 Å². The molecule has 0 spiro atoms. The van der Waals surface area contributed by atoms with Gasteiger partial charge in [0.25, 0.3) is 0 Å². The predicted molar refractivity (Wildman–Crippen MR) is 90.2 cm³/mol. The zero-order valence-corrected chi connectivity index (χ0v) is 14.9. The first-order valence-electron chi connectivity index (χ1n) is 7.84. The molecule has 1 heterocycles. The third-order valence-electron chi connectivity index (χ3n) is 3.39. The van der Waals surface area contributed by atoms with Crippen molar-refractivity contribution in [2.24, 2.45) is 0 Å². The van der Waals surface area contributed by atoms with Crippen LogP contribution in [0.5, 0.6) is 0 Å². The number of sulfonamides is 1. The van der Waals surface area contributed by atoms with Crippen molar-refractivity contribution in [1.82, 2.24) is 10.0 Å². The van der Waals surface area contributed by atoms with Crippen LogP contribution >= 0.6 is 11.3 Å². The number of rotatable bonds is 11. The van der Waals surface area contributed by atoms with Crippen molar-refractivity contribution in [3.05, 3.63) is 16.3 Å². The van der Waals surface area contributed by atoms with Gasteiger partial charge in [0, 0.05) is 17.5 Å². The highest BCUT2D eigenvalue weighted by atomic mass is 32.2. The van der Waals surface area contributed by atoms with Gasteiger partial charge in [-0.1, -0.05) is 40.0 Å². The van der Waals surface area contributed by atoms with Crippen LogP contribution in [0.1, 0.15) is 57.8 Å². The maximum absolute atomic E-state index is 12.6. The minimum atomic E-state index is -3.41. The molecule has 122 valence electrons. The fourth-order valence-electron chi connectivity index (χ4n) is 2.28. The van der Waals surface area contributed by atoms with Crippen LogP contribution in [0, 0.1) is 0 Å². The van der Waals surface area contributed by atoms with Gasteiger partial charge in [0.15, 0.2) is 0 Å². The first kappa shape index (κ1) is 18.6. The van der Waals surface area contributed by atoms with Gasteiger partial charge < -0.3 is 5.32 Å². The summed E-state index contributed by atoms with van der Waals surface area (Å²) in [5.41, 5.74) is 0. The Balaban J connectivity index is 2.81. The lowest BCUT2D eigenvalue weighted by molar-refractivity contribution is 0.483. The number of unbranched alkanes of at least 4 members (excludes halogenated alkanes) is 1. The van der Waals surface area contributed by atoms with Gasteiger partial charge in [-0.05, 0) is 30.8 Å². The van der Waals surface area contributed by atoms with Crippen LogP contribution < -0.4 is 10.0 Å². The summed E-state index contributed by atoms with van der Waals surface area (Å²) in [6, 6.07) is 1.76. The van der Waals surface area contributed by atoms with E-state index in [2.05, 4.69) is 23.9 Å². The van der Waals surface area contributed by atoms with Gasteiger partial charge in [-0.25, -0.2) is 13.1 Å². The molecule has 0 bridgehead atoms. The van der Waals surface area contributed by atoms with Gasteiger partial charge in [-0.2, -0.15) is 0 Å². The molecule has 0 saturated heterocycles. The summed E-state index contributed by atoms with van der Waals surface area (Å²) in [5.74, 6) is 0. The van der Waals surface area contributed by atoms with Gasteiger partial charge in [0.2, 0.25) is 10.0 Å². The third-order valence-corrected chi connectivity index (χ3v) is 6.05. The molecule has 0 aliphatic rings. The minimum Gasteiger partial charge on any atom is -0.312 e. The van der Waals surface area contributed by atoms with E-state index in [0.29, 0.717) is 11.4 Å². The van der Waals surface area contributed by atoms with Crippen molar-refractivity contribution in [3.63, 3.8) is 0 Å². The van der Waals surface area contributed by atoms with E-state index in [1.54, 1.807) is 6.07 Å². The fraction of sp³-hybridized carbons (Fsp3) is 0.733. The summed E-state index contributed by atoms with van der Waals surface area (Å²) in [6.07, 6.45) is 4.94. The second kappa shape index (κ2) is 9.56. The van der Waals surface area contributed by atoms with Crippen LogP contribution in [0.3, 0.4) is 0 Å². The molecule has 1 atom stereocenters. The van der Waals surface area contributed by atoms with E-state index in [1.165, 1.54) is 11.3 Å². The normalized spacial score (nSPS) is 13.5. The standard InChI is InChI=1S/C15H28N2O2S2/c1-4-7-9-13(8-5-2)17-21(18,19)15-10-11-20-14(15)12-16-6-3/h10-11,13,16-17H,4-9,12H2,1-3H3. The molecular weight excluding hydrogens is 304 g/mol. The monoisotopic (exact) mass is 332 g/mol. The molecule has 1 aromatic rings. The van der Waals surface area contributed by atoms with E-state index < -0.39 is 10.0 Å². The molecule has 0 amide bonds. The molecular formula is C15H28N2O2S2. The Hall–Kier alpha value is -0.430. The summed E-state index contributed by atoms with van der Waals surface area (Å²) in [7, 11) is -3.41. The average Bonchev–Trinajstić information content (AvgIpc) is 2.91. The summed E-state index contributed by atoms with van der Waals surface area (Å²) in [4.78, 5) is 1.32. The number of hydrogen-bond donors (Lipinski definition) is 2. The van der Waals surface area contributed by atoms with Crippen molar-refractivity contribution in [2.75, 3.05) is 6.54 Å². The zero-order valence-electron chi connectivity index (χ0n) is 13.3. The quantitative estimate of drug-likeness (QED) is 0.652. The van der Waals surface area contributed by atoms with E-state index in [1.807, 2.05) is 12.3 Å². The van der Waals surface area contributed by atoms with Crippen molar-refractivity contribution < 1.29 is 8.42 Å². The van der Waals surface area contributed by atoms with Gasteiger partial charge in [-0.15, -0.1) is 11.3 Å². The lowest BCUT2D eigenvalue weighted by Gasteiger charge is -2.18. The van der Waals surface area contributed by atoms with E-state index in [4.69, 9.17) is 0 Å². The van der Waals surface area contributed by atoms with Crippen LogP contribution in [-0.2, 0) is 16.6 Å². The summed E-state index contributed by atoms with van der Waals surface area (Å²) in [6.45, 7) is 7.68. The third kappa shape index (κ3) is 6.06. The Morgan fingerprint density at radius 1 is 1.19 bits per heavy atom. The van der Waals surface area contributed by atoms with E-state index in [-0.39, 0.29) is 6.04 Å². The predicted octanol–water partition coefficient (Wildman–Crippen LogP) is 3.49. The van der Waals surface area contributed by atoms with Crippen molar-refractivity contribution in [2.45, 2.75) is 70.4 Å². The lowest BCUT2D eigenvalue weighted by atomic mass is 10.1. The molecule has 1 aromatic heterocycles. The Morgan fingerprint density at radius 3 is 2.57 bits per heavy atom. The Kier molecular flexibility index (Phi) is 8.48. The van der Waals surface area contributed by atoms with Crippen molar-refractivity contribution >= 4 is 21.4 Å². The summed E-state index contributed by atoms with van der Waals surface area (Å²) >= 11 is 1.49. The number of nitrogens with one attached hydrogen (secondary N) is 2. The molecule has 0 fully saturated rings. The second-order valence-corrected chi connectivity index (χ2v) is 7.92. The van der Waals surface area contributed by atoms with Crippen molar-refractivity contribution in [3.8, 4) is 0 Å². The minimum absolute atomic E-state index is 0.0480. The molecule has 1 unspecified atom stereocenters. The van der Waals surface area contributed by atoms with Gasteiger partial charge in [0.05, 0.1) is 4.90 Å². The SMILES string of the molecule is CCCCC(CCC)NS(=O)(=O)c1ccsc1CNCC. The molecule has 0 aromatic carbocycles. The van der Waals surface area contributed by atoms with Gasteiger partial charge >= 0.3 is 0 Å². The molecule has 0 aliphatic carbocycles. The molecule has 0 radical (unpaired) electrons. The second-order valence-electron chi connectivity index (χ2n) is 5.24. The molecule has 0 aliphatic heterocycles. The molecule has 4 nitrogen and oxygen atoms in total. The number of hydrogen-bond acceptors (Lipinski definition) is 4. The molecule has 1 rings (SSSR count). The topological polar surface area (TPSA) is 58.2 Å². The molecule has 6 heteroatoms. The molecule has 0 saturated carbocycles.